The molecule has 2 atom stereocenters. The van der Waals surface area contributed by atoms with Crippen molar-refractivity contribution in [1.29, 1.82) is 0 Å². The quantitative estimate of drug-likeness (QED) is 0.732. The van der Waals surface area contributed by atoms with Gasteiger partial charge in [-0.15, -0.1) is 0 Å². The largest absolute Gasteiger partial charge is 0.387 e. The topological polar surface area (TPSA) is 45.6 Å². The SMILES string of the molecule is CCOCC1(CCc2ccccc2)CCN(CC(O)c2ccc(C)nc2)C1. The summed E-state index contributed by atoms with van der Waals surface area (Å²) in [5.74, 6) is 0. The van der Waals surface area contributed by atoms with Gasteiger partial charge < -0.3 is 9.84 Å². The Balaban J connectivity index is 1.60. The molecule has 2 aromatic rings. The van der Waals surface area contributed by atoms with Crippen LogP contribution in [0.4, 0.5) is 0 Å². The predicted molar refractivity (Wildman–Crippen MR) is 109 cm³/mol. The van der Waals surface area contributed by atoms with Crippen LogP contribution in [0.1, 0.15) is 42.7 Å². The maximum atomic E-state index is 10.6. The number of β-amino-alcohol motifs (C(OH)–C–C–N with tert-alkyl or cyclic N) is 1. The summed E-state index contributed by atoms with van der Waals surface area (Å²) >= 11 is 0. The minimum absolute atomic E-state index is 0.178. The lowest BCUT2D eigenvalue weighted by Gasteiger charge is -2.30. The molecule has 1 aromatic carbocycles. The number of ether oxygens (including phenoxy) is 1. The highest BCUT2D eigenvalue weighted by Gasteiger charge is 2.38. The van der Waals surface area contributed by atoms with Gasteiger partial charge in [0.15, 0.2) is 0 Å². The molecule has 1 N–H and O–H groups in total. The van der Waals surface area contributed by atoms with E-state index in [1.54, 1.807) is 6.20 Å². The molecule has 2 unspecified atom stereocenters. The minimum atomic E-state index is -0.491. The molecule has 1 aliphatic heterocycles. The molecule has 146 valence electrons. The van der Waals surface area contributed by atoms with Gasteiger partial charge in [-0.25, -0.2) is 0 Å². The third-order valence-electron chi connectivity index (χ3n) is 5.67. The van der Waals surface area contributed by atoms with Crippen LogP contribution in [0, 0.1) is 12.3 Å². The molecular weight excluding hydrogens is 336 g/mol. The van der Waals surface area contributed by atoms with E-state index in [2.05, 4.69) is 47.1 Å². The van der Waals surface area contributed by atoms with Crippen LogP contribution >= 0.6 is 0 Å². The number of hydrogen-bond acceptors (Lipinski definition) is 4. The number of aryl methyl sites for hydroxylation is 2. The first-order valence-corrected chi connectivity index (χ1v) is 10.0. The highest BCUT2D eigenvalue weighted by Crippen LogP contribution is 2.36. The number of aliphatic hydroxyl groups is 1. The number of aromatic nitrogens is 1. The Morgan fingerprint density at radius 1 is 1.22 bits per heavy atom. The molecule has 27 heavy (non-hydrogen) atoms. The smallest absolute Gasteiger partial charge is 0.0931 e. The molecule has 4 heteroatoms. The normalized spacial score (nSPS) is 21.4. The first kappa shape index (κ1) is 20.0. The van der Waals surface area contributed by atoms with E-state index < -0.39 is 6.10 Å². The lowest BCUT2D eigenvalue weighted by molar-refractivity contribution is 0.0444. The molecule has 0 aliphatic carbocycles. The molecule has 0 amide bonds. The van der Waals surface area contributed by atoms with Crippen LogP contribution < -0.4 is 0 Å². The van der Waals surface area contributed by atoms with Crippen molar-refractivity contribution >= 4 is 0 Å². The van der Waals surface area contributed by atoms with Crippen molar-refractivity contribution in [3.8, 4) is 0 Å². The summed E-state index contributed by atoms with van der Waals surface area (Å²) in [7, 11) is 0. The van der Waals surface area contributed by atoms with E-state index in [9.17, 15) is 5.11 Å². The Morgan fingerprint density at radius 2 is 2.04 bits per heavy atom. The van der Waals surface area contributed by atoms with Crippen LogP contribution in [0.15, 0.2) is 48.7 Å². The number of pyridine rings is 1. The number of likely N-dealkylation sites (tertiary alicyclic amines) is 1. The fourth-order valence-corrected chi connectivity index (χ4v) is 3.98. The Hall–Kier alpha value is -1.75. The molecule has 4 nitrogen and oxygen atoms in total. The van der Waals surface area contributed by atoms with Gasteiger partial charge in [-0.1, -0.05) is 36.4 Å². The molecule has 1 aliphatic rings. The maximum Gasteiger partial charge on any atom is 0.0931 e. The molecule has 1 fully saturated rings. The van der Waals surface area contributed by atoms with Gasteiger partial charge >= 0.3 is 0 Å². The number of benzene rings is 1. The van der Waals surface area contributed by atoms with Crippen LogP contribution in [0.2, 0.25) is 0 Å². The van der Waals surface area contributed by atoms with E-state index in [0.717, 1.165) is 56.8 Å². The zero-order chi connectivity index (χ0) is 19.1. The fourth-order valence-electron chi connectivity index (χ4n) is 3.98. The standard InChI is InChI=1S/C23H32N2O2/c1-3-27-18-23(12-11-20-7-5-4-6-8-20)13-14-25(17-23)16-22(26)21-10-9-19(2)24-15-21/h4-10,15,22,26H,3,11-14,16-18H2,1-2H3. The second-order valence-electron chi connectivity index (χ2n) is 7.86. The number of aliphatic hydroxyl groups excluding tert-OH is 1. The monoisotopic (exact) mass is 368 g/mol. The Labute approximate surface area is 163 Å². The molecule has 0 saturated carbocycles. The second-order valence-corrected chi connectivity index (χ2v) is 7.86. The fraction of sp³-hybridized carbons (Fsp3) is 0.522. The van der Waals surface area contributed by atoms with Crippen molar-refractivity contribution in [1.82, 2.24) is 9.88 Å². The Bertz CT molecular complexity index is 689. The molecule has 1 saturated heterocycles. The van der Waals surface area contributed by atoms with Crippen molar-refractivity contribution < 1.29 is 9.84 Å². The third-order valence-corrected chi connectivity index (χ3v) is 5.67. The molecule has 0 radical (unpaired) electrons. The van der Waals surface area contributed by atoms with E-state index in [4.69, 9.17) is 4.74 Å². The summed E-state index contributed by atoms with van der Waals surface area (Å²) in [6.07, 6.45) is 4.62. The third kappa shape index (κ3) is 5.61. The van der Waals surface area contributed by atoms with Crippen molar-refractivity contribution in [3.05, 3.63) is 65.5 Å². The summed E-state index contributed by atoms with van der Waals surface area (Å²) in [4.78, 5) is 6.69. The molecule has 2 heterocycles. The number of nitrogens with zero attached hydrogens (tertiary/aromatic N) is 2. The van der Waals surface area contributed by atoms with Crippen LogP contribution in [0.5, 0.6) is 0 Å². The number of rotatable bonds is 9. The van der Waals surface area contributed by atoms with E-state index in [1.807, 2.05) is 19.1 Å². The van der Waals surface area contributed by atoms with Gasteiger partial charge in [0.05, 0.1) is 12.7 Å². The Morgan fingerprint density at radius 3 is 2.74 bits per heavy atom. The van der Waals surface area contributed by atoms with E-state index >= 15 is 0 Å². The van der Waals surface area contributed by atoms with Crippen molar-refractivity contribution in [2.75, 3.05) is 32.8 Å². The molecule has 0 spiro atoms. The lowest BCUT2D eigenvalue weighted by atomic mass is 9.82. The van der Waals surface area contributed by atoms with E-state index in [1.165, 1.54) is 5.56 Å². The highest BCUT2D eigenvalue weighted by atomic mass is 16.5. The highest BCUT2D eigenvalue weighted by molar-refractivity contribution is 5.17. The van der Waals surface area contributed by atoms with Crippen LogP contribution in [0.25, 0.3) is 0 Å². The van der Waals surface area contributed by atoms with Gasteiger partial charge in [0.25, 0.3) is 0 Å². The zero-order valence-electron chi connectivity index (χ0n) is 16.6. The Kier molecular flexibility index (Phi) is 7.00. The van der Waals surface area contributed by atoms with Crippen LogP contribution in [-0.4, -0.2) is 47.8 Å². The molecular formula is C23H32N2O2. The minimum Gasteiger partial charge on any atom is -0.387 e. The summed E-state index contributed by atoms with van der Waals surface area (Å²) in [5, 5.41) is 10.6. The first-order chi connectivity index (χ1) is 13.1. The second kappa shape index (κ2) is 9.45. The summed E-state index contributed by atoms with van der Waals surface area (Å²) < 4.78 is 5.86. The van der Waals surface area contributed by atoms with Gasteiger partial charge in [-0.3, -0.25) is 9.88 Å². The molecule has 3 rings (SSSR count). The zero-order valence-corrected chi connectivity index (χ0v) is 16.6. The van der Waals surface area contributed by atoms with Gasteiger partial charge in [0, 0.05) is 42.6 Å². The van der Waals surface area contributed by atoms with Crippen molar-refractivity contribution in [2.24, 2.45) is 5.41 Å². The average molecular weight is 369 g/mol. The first-order valence-electron chi connectivity index (χ1n) is 10.0. The molecule has 1 aromatic heterocycles. The van der Waals surface area contributed by atoms with Gasteiger partial charge in [-0.2, -0.15) is 0 Å². The summed E-state index contributed by atoms with van der Waals surface area (Å²) in [6.45, 7) is 8.23. The summed E-state index contributed by atoms with van der Waals surface area (Å²) in [6, 6.07) is 14.6. The maximum absolute atomic E-state index is 10.6. The average Bonchev–Trinajstić information content (AvgIpc) is 3.09. The van der Waals surface area contributed by atoms with Crippen molar-refractivity contribution in [3.63, 3.8) is 0 Å². The van der Waals surface area contributed by atoms with Gasteiger partial charge in [0.2, 0.25) is 0 Å². The number of hydrogen-bond donors (Lipinski definition) is 1. The van der Waals surface area contributed by atoms with E-state index in [0.29, 0.717) is 6.54 Å². The molecule has 0 bridgehead atoms. The van der Waals surface area contributed by atoms with Crippen molar-refractivity contribution in [2.45, 2.75) is 39.2 Å². The van der Waals surface area contributed by atoms with Crippen LogP contribution in [0.3, 0.4) is 0 Å². The van der Waals surface area contributed by atoms with Gasteiger partial charge in [-0.05, 0) is 51.3 Å². The predicted octanol–water partition coefficient (Wildman–Crippen LogP) is 3.78. The summed E-state index contributed by atoms with van der Waals surface area (Å²) in [5.41, 5.74) is 3.44. The van der Waals surface area contributed by atoms with Gasteiger partial charge in [0.1, 0.15) is 0 Å². The van der Waals surface area contributed by atoms with E-state index in [-0.39, 0.29) is 5.41 Å². The van der Waals surface area contributed by atoms with Crippen LogP contribution in [-0.2, 0) is 11.2 Å². The lowest BCUT2D eigenvalue weighted by Crippen LogP contribution is -2.34.